The van der Waals surface area contributed by atoms with Gasteiger partial charge in [-0.05, 0) is 31.2 Å². The highest BCUT2D eigenvalue weighted by Gasteiger charge is 2.11. The molecular formula is C17H26N2O2. The number of aryl methyl sites for hydroxylation is 1. The molecule has 0 saturated carbocycles. The van der Waals surface area contributed by atoms with Gasteiger partial charge in [-0.1, -0.05) is 50.1 Å². The van der Waals surface area contributed by atoms with E-state index in [1.54, 1.807) is 0 Å². The first-order valence-electron chi connectivity index (χ1n) is 7.84. The molecule has 2 amide bonds. The van der Waals surface area contributed by atoms with E-state index < -0.39 is 11.8 Å². The molecule has 1 aromatic carbocycles. The zero-order chi connectivity index (χ0) is 15.3. The largest absolute Gasteiger partial charge is 0.348 e. The van der Waals surface area contributed by atoms with Crippen LogP contribution >= 0.6 is 0 Å². The monoisotopic (exact) mass is 290 g/mol. The third kappa shape index (κ3) is 8.12. The fourth-order valence-electron chi connectivity index (χ4n) is 2.04. The van der Waals surface area contributed by atoms with Gasteiger partial charge in [0.2, 0.25) is 0 Å². The fourth-order valence-corrected chi connectivity index (χ4v) is 2.04. The first kappa shape index (κ1) is 17.2. The smallest absolute Gasteiger partial charge is 0.309 e. The third-order valence-electron chi connectivity index (χ3n) is 3.29. The Hall–Kier alpha value is -1.84. The molecule has 1 aromatic rings. The van der Waals surface area contributed by atoms with Gasteiger partial charge in [0.05, 0.1) is 0 Å². The minimum absolute atomic E-state index is 0.519. The molecule has 0 aromatic heterocycles. The van der Waals surface area contributed by atoms with Crippen molar-refractivity contribution in [2.45, 2.75) is 45.4 Å². The van der Waals surface area contributed by atoms with Crippen molar-refractivity contribution in [2.75, 3.05) is 13.1 Å². The Morgan fingerprint density at radius 2 is 1.43 bits per heavy atom. The van der Waals surface area contributed by atoms with Crippen molar-refractivity contribution in [1.29, 1.82) is 0 Å². The second-order valence-corrected chi connectivity index (χ2v) is 5.16. The highest BCUT2D eigenvalue weighted by molar-refractivity contribution is 6.35. The number of hydrogen-bond donors (Lipinski definition) is 2. The molecule has 0 atom stereocenters. The molecule has 0 bridgehead atoms. The Kier molecular flexibility index (Phi) is 8.93. The number of benzene rings is 1. The van der Waals surface area contributed by atoms with Crippen LogP contribution in [0.15, 0.2) is 30.3 Å². The van der Waals surface area contributed by atoms with Crippen molar-refractivity contribution < 1.29 is 9.59 Å². The van der Waals surface area contributed by atoms with Gasteiger partial charge in [0.15, 0.2) is 0 Å². The van der Waals surface area contributed by atoms with Crippen LogP contribution in [-0.4, -0.2) is 24.9 Å². The van der Waals surface area contributed by atoms with Crippen LogP contribution in [0.3, 0.4) is 0 Å². The Bertz CT molecular complexity index is 418. The van der Waals surface area contributed by atoms with Crippen molar-refractivity contribution in [2.24, 2.45) is 0 Å². The molecule has 0 saturated heterocycles. The molecule has 0 aliphatic carbocycles. The molecule has 21 heavy (non-hydrogen) atoms. The summed E-state index contributed by atoms with van der Waals surface area (Å²) in [5.74, 6) is -1.04. The minimum atomic E-state index is -0.522. The van der Waals surface area contributed by atoms with Crippen LogP contribution in [0.25, 0.3) is 0 Å². The maximum absolute atomic E-state index is 11.5. The van der Waals surface area contributed by atoms with Crippen LogP contribution < -0.4 is 10.6 Å². The normalized spacial score (nSPS) is 10.1. The Labute approximate surface area is 127 Å². The predicted octanol–water partition coefficient (Wildman–Crippen LogP) is 2.43. The summed E-state index contributed by atoms with van der Waals surface area (Å²) >= 11 is 0. The van der Waals surface area contributed by atoms with Crippen LogP contribution in [-0.2, 0) is 16.0 Å². The van der Waals surface area contributed by atoms with Crippen molar-refractivity contribution in [3.63, 3.8) is 0 Å². The van der Waals surface area contributed by atoms with Crippen LogP contribution in [0.1, 0.15) is 44.6 Å². The lowest BCUT2D eigenvalue weighted by atomic mass is 10.1. The molecule has 0 spiro atoms. The SMILES string of the molecule is CCCCCNC(=O)C(=O)NCCCCc1ccccc1. The van der Waals surface area contributed by atoms with E-state index in [0.717, 1.165) is 38.5 Å². The summed E-state index contributed by atoms with van der Waals surface area (Å²) in [5, 5.41) is 5.29. The van der Waals surface area contributed by atoms with Gasteiger partial charge in [-0.25, -0.2) is 0 Å². The van der Waals surface area contributed by atoms with E-state index in [4.69, 9.17) is 0 Å². The predicted molar refractivity (Wildman–Crippen MR) is 84.9 cm³/mol. The lowest BCUT2D eigenvalue weighted by molar-refractivity contribution is -0.139. The highest BCUT2D eigenvalue weighted by Crippen LogP contribution is 2.03. The van der Waals surface area contributed by atoms with Gasteiger partial charge in [-0.15, -0.1) is 0 Å². The first-order valence-corrected chi connectivity index (χ1v) is 7.84. The Morgan fingerprint density at radius 3 is 2.00 bits per heavy atom. The third-order valence-corrected chi connectivity index (χ3v) is 3.29. The molecule has 4 nitrogen and oxygen atoms in total. The number of nitrogens with one attached hydrogen (secondary N) is 2. The Balaban J connectivity index is 2.03. The molecule has 0 aliphatic heterocycles. The maximum atomic E-state index is 11.5. The molecule has 1 rings (SSSR count). The molecule has 0 heterocycles. The summed E-state index contributed by atoms with van der Waals surface area (Å²) in [6, 6.07) is 10.3. The number of hydrogen-bond acceptors (Lipinski definition) is 2. The second-order valence-electron chi connectivity index (χ2n) is 5.16. The van der Waals surface area contributed by atoms with Gasteiger partial charge in [0, 0.05) is 13.1 Å². The quantitative estimate of drug-likeness (QED) is 0.542. The van der Waals surface area contributed by atoms with Crippen molar-refractivity contribution >= 4 is 11.8 Å². The van der Waals surface area contributed by atoms with Crippen LogP contribution in [0.5, 0.6) is 0 Å². The number of carbonyl (C=O) groups is 2. The number of amides is 2. The molecule has 0 fully saturated rings. The van der Waals surface area contributed by atoms with Crippen LogP contribution in [0.2, 0.25) is 0 Å². The summed E-state index contributed by atoms with van der Waals surface area (Å²) in [4.78, 5) is 23.0. The van der Waals surface area contributed by atoms with E-state index >= 15 is 0 Å². The van der Waals surface area contributed by atoms with Crippen molar-refractivity contribution in [3.8, 4) is 0 Å². The minimum Gasteiger partial charge on any atom is -0.348 e. The van der Waals surface area contributed by atoms with Gasteiger partial charge < -0.3 is 10.6 Å². The van der Waals surface area contributed by atoms with Crippen LogP contribution in [0, 0.1) is 0 Å². The van der Waals surface area contributed by atoms with Gasteiger partial charge in [0.25, 0.3) is 0 Å². The van der Waals surface area contributed by atoms with Crippen LogP contribution in [0.4, 0.5) is 0 Å². The highest BCUT2D eigenvalue weighted by atomic mass is 16.2. The fraction of sp³-hybridized carbons (Fsp3) is 0.529. The summed E-state index contributed by atoms with van der Waals surface area (Å²) in [7, 11) is 0. The zero-order valence-corrected chi connectivity index (χ0v) is 12.9. The number of rotatable bonds is 9. The molecule has 0 aliphatic rings. The lowest BCUT2D eigenvalue weighted by Crippen LogP contribution is -2.40. The molecule has 0 radical (unpaired) electrons. The molecular weight excluding hydrogens is 264 g/mol. The first-order chi connectivity index (χ1) is 10.2. The summed E-state index contributed by atoms with van der Waals surface area (Å²) in [6.45, 7) is 3.23. The van der Waals surface area contributed by atoms with E-state index in [2.05, 4.69) is 29.7 Å². The Morgan fingerprint density at radius 1 is 0.857 bits per heavy atom. The summed E-state index contributed by atoms with van der Waals surface area (Å²) in [6.07, 6.45) is 5.98. The van der Waals surface area contributed by atoms with Crippen molar-refractivity contribution in [3.05, 3.63) is 35.9 Å². The number of carbonyl (C=O) groups excluding carboxylic acids is 2. The average molecular weight is 290 g/mol. The van der Waals surface area contributed by atoms with E-state index in [1.807, 2.05) is 18.2 Å². The average Bonchev–Trinajstić information content (AvgIpc) is 2.52. The topological polar surface area (TPSA) is 58.2 Å². The molecule has 4 heteroatoms. The maximum Gasteiger partial charge on any atom is 0.309 e. The standard InChI is InChI=1S/C17H26N2O2/c1-2-3-8-13-18-16(20)17(21)19-14-9-7-12-15-10-5-4-6-11-15/h4-6,10-11H,2-3,7-9,12-14H2,1H3,(H,18,20)(H,19,21). The van der Waals surface area contributed by atoms with Gasteiger partial charge in [0.1, 0.15) is 0 Å². The number of unbranched alkanes of at least 4 members (excludes halogenated alkanes) is 3. The van der Waals surface area contributed by atoms with E-state index in [0.29, 0.717) is 13.1 Å². The molecule has 2 N–H and O–H groups in total. The van der Waals surface area contributed by atoms with Gasteiger partial charge >= 0.3 is 11.8 Å². The second kappa shape index (κ2) is 10.9. The zero-order valence-electron chi connectivity index (χ0n) is 12.9. The van der Waals surface area contributed by atoms with Crippen molar-refractivity contribution in [1.82, 2.24) is 10.6 Å². The summed E-state index contributed by atoms with van der Waals surface area (Å²) in [5.41, 5.74) is 1.30. The van der Waals surface area contributed by atoms with E-state index in [9.17, 15) is 9.59 Å². The summed E-state index contributed by atoms with van der Waals surface area (Å²) < 4.78 is 0. The lowest BCUT2D eigenvalue weighted by Gasteiger charge is -2.06. The van der Waals surface area contributed by atoms with Gasteiger partial charge in [-0.2, -0.15) is 0 Å². The van der Waals surface area contributed by atoms with Gasteiger partial charge in [-0.3, -0.25) is 9.59 Å². The molecule has 0 unspecified atom stereocenters. The van der Waals surface area contributed by atoms with E-state index in [1.165, 1.54) is 5.56 Å². The molecule has 116 valence electrons. The van der Waals surface area contributed by atoms with E-state index in [-0.39, 0.29) is 0 Å².